The molecular formula is C10H14ClNO3S. The van der Waals surface area contributed by atoms with Crippen molar-refractivity contribution in [1.29, 1.82) is 0 Å². The zero-order valence-corrected chi connectivity index (χ0v) is 10.9. The monoisotopic (exact) mass is 263 g/mol. The standard InChI is InChI=1S/C10H14ClNO3S/c1-6(12)7-4-8(11)10(15-2)9(5-7)16(3,13)14/h4-6H,12H2,1-3H3. The lowest BCUT2D eigenvalue weighted by molar-refractivity contribution is 0.402. The fourth-order valence-electron chi connectivity index (χ4n) is 1.32. The number of benzene rings is 1. The van der Waals surface area contributed by atoms with Gasteiger partial charge in [0.05, 0.1) is 12.1 Å². The summed E-state index contributed by atoms with van der Waals surface area (Å²) in [6.45, 7) is 1.75. The molecule has 1 unspecified atom stereocenters. The van der Waals surface area contributed by atoms with Crippen LogP contribution in [0.4, 0.5) is 0 Å². The smallest absolute Gasteiger partial charge is 0.179 e. The zero-order valence-electron chi connectivity index (χ0n) is 9.32. The minimum Gasteiger partial charge on any atom is -0.494 e. The van der Waals surface area contributed by atoms with Crippen molar-refractivity contribution in [2.75, 3.05) is 13.4 Å². The Labute approximate surface area is 100 Å². The van der Waals surface area contributed by atoms with E-state index in [1.165, 1.54) is 13.2 Å². The second-order valence-electron chi connectivity index (χ2n) is 3.59. The van der Waals surface area contributed by atoms with E-state index in [0.717, 1.165) is 6.26 Å². The zero-order chi connectivity index (χ0) is 12.5. The van der Waals surface area contributed by atoms with Gasteiger partial charge < -0.3 is 10.5 Å². The van der Waals surface area contributed by atoms with E-state index in [4.69, 9.17) is 22.1 Å². The molecule has 1 aromatic rings. The van der Waals surface area contributed by atoms with Crippen LogP contribution in [0.25, 0.3) is 0 Å². The number of nitrogens with two attached hydrogens (primary N) is 1. The molecule has 0 amide bonds. The third kappa shape index (κ3) is 2.66. The maximum absolute atomic E-state index is 11.6. The number of rotatable bonds is 3. The van der Waals surface area contributed by atoms with E-state index in [0.29, 0.717) is 5.56 Å². The number of halogens is 1. The highest BCUT2D eigenvalue weighted by Crippen LogP contribution is 2.34. The maximum Gasteiger partial charge on any atom is 0.179 e. The second-order valence-corrected chi connectivity index (χ2v) is 5.99. The predicted molar refractivity (Wildman–Crippen MR) is 63.7 cm³/mol. The Hall–Kier alpha value is -0.780. The van der Waals surface area contributed by atoms with Crippen LogP contribution in [0, 0.1) is 0 Å². The van der Waals surface area contributed by atoms with Crippen molar-refractivity contribution < 1.29 is 13.2 Å². The molecule has 0 saturated carbocycles. The number of ether oxygens (including phenoxy) is 1. The third-order valence-electron chi connectivity index (χ3n) is 2.16. The van der Waals surface area contributed by atoms with Gasteiger partial charge in [-0.15, -0.1) is 0 Å². The van der Waals surface area contributed by atoms with E-state index in [1.54, 1.807) is 13.0 Å². The summed E-state index contributed by atoms with van der Waals surface area (Å²) in [6, 6.07) is 2.81. The van der Waals surface area contributed by atoms with Gasteiger partial charge in [0.25, 0.3) is 0 Å². The minimum absolute atomic E-state index is 0.0646. The molecule has 0 spiro atoms. The summed E-state index contributed by atoms with van der Waals surface area (Å²) in [5, 5.41) is 0.248. The molecule has 0 bridgehead atoms. The predicted octanol–water partition coefficient (Wildman–Crippen LogP) is 1.77. The van der Waals surface area contributed by atoms with Gasteiger partial charge in [-0.1, -0.05) is 11.6 Å². The van der Waals surface area contributed by atoms with Crippen LogP contribution in [-0.4, -0.2) is 21.8 Å². The summed E-state index contributed by atoms with van der Waals surface area (Å²) in [4.78, 5) is 0.0646. The fourth-order valence-corrected chi connectivity index (χ4v) is 2.57. The molecule has 0 heterocycles. The third-order valence-corrected chi connectivity index (χ3v) is 3.54. The van der Waals surface area contributed by atoms with Gasteiger partial charge in [0.2, 0.25) is 0 Å². The normalized spacial score (nSPS) is 13.6. The van der Waals surface area contributed by atoms with Gasteiger partial charge in [-0.2, -0.15) is 0 Å². The summed E-state index contributed by atoms with van der Waals surface area (Å²) in [5.41, 5.74) is 6.35. The Morgan fingerprint density at radius 2 is 2.00 bits per heavy atom. The molecule has 0 aliphatic carbocycles. The van der Waals surface area contributed by atoms with E-state index >= 15 is 0 Å². The van der Waals surface area contributed by atoms with Crippen LogP contribution in [0.3, 0.4) is 0 Å². The lowest BCUT2D eigenvalue weighted by Crippen LogP contribution is -2.08. The van der Waals surface area contributed by atoms with Crippen molar-refractivity contribution in [3.63, 3.8) is 0 Å². The van der Waals surface area contributed by atoms with Crippen molar-refractivity contribution in [1.82, 2.24) is 0 Å². The van der Waals surface area contributed by atoms with Crippen LogP contribution < -0.4 is 10.5 Å². The molecule has 0 aliphatic rings. The highest BCUT2D eigenvalue weighted by molar-refractivity contribution is 7.90. The molecule has 2 N–H and O–H groups in total. The Balaban J connectivity index is 3.56. The number of sulfone groups is 1. The molecule has 16 heavy (non-hydrogen) atoms. The summed E-state index contributed by atoms with van der Waals surface area (Å²) in [7, 11) is -2.01. The molecule has 0 aliphatic heterocycles. The van der Waals surface area contributed by atoms with Gasteiger partial charge in [0.15, 0.2) is 15.6 Å². The second kappa shape index (κ2) is 4.61. The Morgan fingerprint density at radius 1 is 1.44 bits per heavy atom. The first kappa shape index (κ1) is 13.3. The summed E-state index contributed by atoms with van der Waals surface area (Å²) < 4.78 is 28.1. The maximum atomic E-state index is 11.6. The molecule has 0 radical (unpaired) electrons. The van der Waals surface area contributed by atoms with Gasteiger partial charge in [0, 0.05) is 12.3 Å². The van der Waals surface area contributed by atoms with Crippen LogP contribution in [0.5, 0.6) is 5.75 Å². The van der Waals surface area contributed by atoms with Gasteiger partial charge in [-0.05, 0) is 24.6 Å². The van der Waals surface area contributed by atoms with E-state index in [9.17, 15) is 8.42 Å². The van der Waals surface area contributed by atoms with Crippen molar-refractivity contribution >= 4 is 21.4 Å². The Kier molecular flexibility index (Phi) is 3.83. The average molecular weight is 264 g/mol. The van der Waals surface area contributed by atoms with Crippen LogP contribution in [0.15, 0.2) is 17.0 Å². The SMILES string of the molecule is COc1c(Cl)cc(C(C)N)cc1S(C)(=O)=O. The van der Waals surface area contributed by atoms with Crippen molar-refractivity contribution in [3.05, 3.63) is 22.7 Å². The minimum atomic E-state index is -3.39. The van der Waals surface area contributed by atoms with Gasteiger partial charge in [-0.25, -0.2) is 8.42 Å². The molecular weight excluding hydrogens is 250 g/mol. The molecule has 0 fully saturated rings. The Morgan fingerprint density at radius 3 is 2.38 bits per heavy atom. The quantitative estimate of drug-likeness (QED) is 0.902. The van der Waals surface area contributed by atoms with Crippen LogP contribution in [0.2, 0.25) is 5.02 Å². The summed E-state index contributed by atoms with van der Waals surface area (Å²) >= 11 is 5.94. The molecule has 1 aromatic carbocycles. The van der Waals surface area contributed by atoms with Crippen LogP contribution >= 0.6 is 11.6 Å². The van der Waals surface area contributed by atoms with Gasteiger partial charge in [0.1, 0.15) is 4.90 Å². The molecule has 6 heteroatoms. The number of methoxy groups -OCH3 is 1. The van der Waals surface area contributed by atoms with Crippen molar-refractivity contribution in [3.8, 4) is 5.75 Å². The first-order valence-electron chi connectivity index (χ1n) is 4.60. The summed E-state index contributed by atoms with van der Waals surface area (Å²) in [5.74, 6) is 0.161. The highest BCUT2D eigenvalue weighted by Gasteiger charge is 2.19. The number of hydrogen-bond acceptors (Lipinski definition) is 4. The van der Waals surface area contributed by atoms with E-state index in [1.807, 2.05) is 0 Å². The molecule has 1 atom stereocenters. The van der Waals surface area contributed by atoms with E-state index in [-0.39, 0.29) is 21.7 Å². The molecule has 90 valence electrons. The largest absolute Gasteiger partial charge is 0.494 e. The van der Waals surface area contributed by atoms with Crippen molar-refractivity contribution in [2.45, 2.75) is 17.9 Å². The fraction of sp³-hybridized carbons (Fsp3) is 0.400. The van der Waals surface area contributed by atoms with E-state index in [2.05, 4.69) is 0 Å². The highest BCUT2D eigenvalue weighted by atomic mass is 35.5. The number of hydrogen-bond donors (Lipinski definition) is 1. The lowest BCUT2D eigenvalue weighted by Gasteiger charge is -2.13. The Bertz CT molecular complexity index is 497. The summed E-state index contributed by atoms with van der Waals surface area (Å²) in [6.07, 6.45) is 1.10. The van der Waals surface area contributed by atoms with Gasteiger partial charge >= 0.3 is 0 Å². The topological polar surface area (TPSA) is 69.4 Å². The lowest BCUT2D eigenvalue weighted by atomic mass is 10.1. The van der Waals surface area contributed by atoms with E-state index < -0.39 is 9.84 Å². The molecule has 4 nitrogen and oxygen atoms in total. The van der Waals surface area contributed by atoms with Crippen LogP contribution in [-0.2, 0) is 9.84 Å². The molecule has 0 aromatic heterocycles. The first-order chi connectivity index (χ1) is 7.27. The average Bonchev–Trinajstić information content (AvgIpc) is 2.14. The van der Waals surface area contributed by atoms with Gasteiger partial charge in [-0.3, -0.25) is 0 Å². The van der Waals surface area contributed by atoms with Crippen LogP contribution in [0.1, 0.15) is 18.5 Å². The molecule has 0 saturated heterocycles. The first-order valence-corrected chi connectivity index (χ1v) is 6.87. The molecule has 1 rings (SSSR count). The van der Waals surface area contributed by atoms with Crippen molar-refractivity contribution in [2.24, 2.45) is 5.73 Å².